The Hall–Kier alpha value is -0.560. The Balaban J connectivity index is 4.15. The third-order valence-corrected chi connectivity index (χ3v) is 2.47. The number of allylic oxidation sites excluding steroid dienone is 3. The van der Waals surface area contributed by atoms with E-state index in [2.05, 4.69) is 58.9 Å². The maximum atomic E-state index is 5.48. The predicted molar refractivity (Wildman–Crippen MR) is 67.9 cm³/mol. The Morgan fingerprint density at radius 3 is 1.80 bits per heavy atom. The van der Waals surface area contributed by atoms with Crippen LogP contribution < -0.4 is 0 Å². The van der Waals surface area contributed by atoms with E-state index in [4.69, 9.17) is 4.74 Å². The van der Waals surface area contributed by atoms with Crippen LogP contribution in [0.3, 0.4) is 0 Å². The van der Waals surface area contributed by atoms with E-state index in [0.29, 0.717) is 23.9 Å². The average Bonchev–Trinajstić information content (AvgIpc) is 2.12. The van der Waals surface area contributed by atoms with Crippen LogP contribution in [0.1, 0.15) is 34.6 Å². The molecule has 0 heterocycles. The Morgan fingerprint density at radius 1 is 0.867 bits per heavy atom. The molecule has 0 saturated heterocycles. The van der Waals surface area contributed by atoms with Crippen LogP contribution in [0.4, 0.5) is 0 Å². The van der Waals surface area contributed by atoms with Crippen molar-refractivity contribution in [3.8, 4) is 0 Å². The van der Waals surface area contributed by atoms with Gasteiger partial charge < -0.3 is 4.74 Å². The van der Waals surface area contributed by atoms with E-state index in [9.17, 15) is 0 Å². The molecule has 2 atom stereocenters. The van der Waals surface area contributed by atoms with Crippen LogP contribution in [-0.4, -0.2) is 13.2 Å². The maximum Gasteiger partial charge on any atom is 0.0654 e. The van der Waals surface area contributed by atoms with Crippen LogP contribution in [-0.2, 0) is 4.74 Å². The molecular weight excluding hydrogens is 184 g/mol. The molecule has 0 aliphatic heterocycles. The summed E-state index contributed by atoms with van der Waals surface area (Å²) in [6.45, 7) is 11.0. The van der Waals surface area contributed by atoms with Crippen molar-refractivity contribution in [2.75, 3.05) is 7.11 Å². The van der Waals surface area contributed by atoms with Gasteiger partial charge in [0.25, 0.3) is 0 Å². The zero-order valence-corrected chi connectivity index (χ0v) is 11.0. The standard InChI is InChI=1S/C14H26O/c1-11(2)9-7-8-10-13(5)14(15-6)12(3)4/h7-14H,1-6H3/b9-7+,10-8+/t13-,14-/m1/s1. The Bertz CT molecular complexity index is 201. The predicted octanol–water partition coefficient (Wildman–Crippen LogP) is 4.06. The molecule has 0 unspecified atom stereocenters. The quantitative estimate of drug-likeness (QED) is 0.601. The smallest absolute Gasteiger partial charge is 0.0654 e. The highest BCUT2D eigenvalue weighted by Gasteiger charge is 2.17. The lowest BCUT2D eigenvalue weighted by Crippen LogP contribution is -2.24. The monoisotopic (exact) mass is 210 g/mol. The molecule has 15 heavy (non-hydrogen) atoms. The highest BCUT2D eigenvalue weighted by molar-refractivity contribution is 5.05. The van der Waals surface area contributed by atoms with Gasteiger partial charge in [0.05, 0.1) is 6.10 Å². The molecular formula is C14H26O. The summed E-state index contributed by atoms with van der Waals surface area (Å²) in [5.74, 6) is 1.64. The molecule has 1 nitrogen and oxygen atoms in total. The van der Waals surface area contributed by atoms with Crippen molar-refractivity contribution in [2.24, 2.45) is 17.8 Å². The van der Waals surface area contributed by atoms with Crippen LogP contribution in [0.25, 0.3) is 0 Å². The van der Waals surface area contributed by atoms with Crippen molar-refractivity contribution < 1.29 is 4.74 Å². The topological polar surface area (TPSA) is 9.23 Å². The van der Waals surface area contributed by atoms with Crippen LogP contribution in [0.2, 0.25) is 0 Å². The van der Waals surface area contributed by atoms with Gasteiger partial charge in [-0.1, -0.05) is 58.9 Å². The zero-order valence-electron chi connectivity index (χ0n) is 11.0. The van der Waals surface area contributed by atoms with Crippen molar-refractivity contribution in [2.45, 2.75) is 40.7 Å². The number of hydrogen-bond donors (Lipinski definition) is 0. The summed E-state index contributed by atoms with van der Waals surface area (Å²) in [6.07, 6.45) is 8.97. The summed E-state index contributed by atoms with van der Waals surface area (Å²) >= 11 is 0. The average molecular weight is 210 g/mol. The highest BCUT2D eigenvalue weighted by atomic mass is 16.5. The molecule has 0 spiro atoms. The molecule has 0 aromatic carbocycles. The van der Waals surface area contributed by atoms with Gasteiger partial charge in [0, 0.05) is 13.0 Å². The largest absolute Gasteiger partial charge is 0.381 e. The fourth-order valence-corrected chi connectivity index (χ4v) is 1.73. The molecule has 0 fully saturated rings. The summed E-state index contributed by atoms with van der Waals surface area (Å²) < 4.78 is 5.48. The molecule has 0 aromatic rings. The van der Waals surface area contributed by atoms with Crippen LogP contribution in [0.5, 0.6) is 0 Å². The fourth-order valence-electron chi connectivity index (χ4n) is 1.73. The second kappa shape index (κ2) is 7.70. The molecule has 0 aromatic heterocycles. The summed E-state index contributed by atoms with van der Waals surface area (Å²) in [5, 5.41) is 0. The second-order valence-electron chi connectivity index (χ2n) is 4.82. The van der Waals surface area contributed by atoms with Crippen molar-refractivity contribution in [3.05, 3.63) is 24.3 Å². The van der Waals surface area contributed by atoms with Gasteiger partial charge in [-0.25, -0.2) is 0 Å². The minimum absolute atomic E-state index is 0.314. The van der Waals surface area contributed by atoms with Gasteiger partial charge in [-0.15, -0.1) is 0 Å². The molecule has 0 radical (unpaired) electrons. The van der Waals surface area contributed by atoms with Gasteiger partial charge in [-0.05, 0) is 11.8 Å². The van der Waals surface area contributed by atoms with Crippen molar-refractivity contribution in [1.82, 2.24) is 0 Å². The number of ether oxygens (including phenoxy) is 1. The Morgan fingerprint density at radius 2 is 1.40 bits per heavy atom. The van der Waals surface area contributed by atoms with Crippen LogP contribution in [0.15, 0.2) is 24.3 Å². The van der Waals surface area contributed by atoms with Gasteiger partial charge in [-0.2, -0.15) is 0 Å². The van der Waals surface area contributed by atoms with Gasteiger partial charge in [0.2, 0.25) is 0 Å². The summed E-state index contributed by atoms with van der Waals surface area (Å²) in [5.41, 5.74) is 0. The van der Waals surface area contributed by atoms with Crippen molar-refractivity contribution >= 4 is 0 Å². The molecule has 1 heteroatoms. The van der Waals surface area contributed by atoms with Crippen molar-refractivity contribution in [3.63, 3.8) is 0 Å². The van der Waals surface area contributed by atoms with Crippen LogP contribution >= 0.6 is 0 Å². The van der Waals surface area contributed by atoms with E-state index < -0.39 is 0 Å². The molecule has 0 amide bonds. The first-order valence-electron chi connectivity index (χ1n) is 5.86. The third-order valence-electron chi connectivity index (χ3n) is 2.47. The zero-order chi connectivity index (χ0) is 11.8. The van der Waals surface area contributed by atoms with E-state index >= 15 is 0 Å². The highest BCUT2D eigenvalue weighted by Crippen LogP contribution is 2.17. The first kappa shape index (κ1) is 14.4. The number of rotatable bonds is 6. The lowest BCUT2D eigenvalue weighted by atomic mass is 9.94. The second-order valence-corrected chi connectivity index (χ2v) is 4.82. The normalized spacial score (nSPS) is 17.1. The molecule has 88 valence electrons. The van der Waals surface area contributed by atoms with Gasteiger partial charge in [-0.3, -0.25) is 0 Å². The Kier molecular flexibility index (Phi) is 7.41. The Labute approximate surface area is 95.2 Å². The molecule has 0 rings (SSSR count). The SMILES string of the molecule is CO[C@H](C(C)C)[C@H](C)/C=C/C=C/C(C)C. The van der Waals surface area contributed by atoms with E-state index in [1.165, 1.54) is 0 Å². The summed E-state index contributed by atoms with van der Waals surface area (Å²) in [4.78, 5) is 0. The first-order valence-corrected chi connectivity index (χ1v) is 5.86. The minimum atomic E-state index is 0.314. The van der Waals surface area contributed by atoms with Gasteiger partial charge >= 0.3 is 0 Å². The molecule has 0 saturated carbocycles. The van der Waals surface area contributed by atoms with Crippen LogP contribution in [0, 0.1) is 17.8 Å². The summed E-state index contributed by atoms with van der Waals surface area (Å²) in [7, 11) is 1.79. The fraction of sp³-hybridized carbons (Fsp3) is 0.714. The lowest BCUT2D eigenvalue weighted by molar-refractivity contribution is 0.0379. The maximum absolute atomic E-state index is 5.48. The third kappa shape index (κ3) is 6.51. The minimum Gasteiger partial charge on any atom is -0.381 e. The van der Waals surface area contributed by atoms with E-state index in [1.807, 2.05) is 0 Å². The molecule has 0 N–H and O–H groups in total. The van der Waals surface area contributed by atoms with Gasteiger partial charge in [0.1, 0.15) is 0 Å². The van der Waals surface area contributed by atoms with E-state index in [1.54, 1.807) is 7.11 Å². The first-order chi connectivity index (χ1) is 6.99. The number of hydrogen-bond acceptors (Lipinski definition) is 1. The molecule has 0 bridgehead atoms. The van der Waals surface area contributed by atoms with E-state index in [0.717, 1.165) is 0 Å². The molecule has 0 aliphatic rings. The number of methoxy groups -OCH3 is 1. The van der Waals surface area contributed by atoms with Gasteiger partial charge in [0.15, 0.2) is 0 Å². The van der Waals surface area contributed by atoms with E-state index in [-0.39, 0.29) is 0 Å². The van der Waals surface area contributed by atoms with Crippen molar-refractivity contribution in [1.29, 1.82) is 0 Å². The lowest BCUT2D eigenvalue weighted by Gasteiger charge is -2.23. The summed E-state index contributed by atoms with van der Waals surface area (Å²) in [6, 6.07) is 0. The molecule has 0 aliphatic carbocycles.